The number of benzene rings is 1. The Hall–Kier alpha value is -1.41. The Morgan fingerprint density at radius 3 is 2.76 bits per heavy atom. The van der Waals surface area contributed by atoms with Gasteiger partial charge in [-0.3, -0.25) is 0 Å². The molecule has 0 aromatic heterocycles. The summed E-state index contributed by atoms with van der Waals surface area (Å²) < 4.78 is 6.63. The molecular formula is C14H18NO5S+. The van der Waals surface area contributed by atoms with Gasteiger partial charge in [-0.15, -0.1) is 4.33 Å². The molecule has 1 N–H and O–H groups in total. The monoisotopic (exact) mass is 312 g/mol. The lowest BCUT2D eigenvalue weighted by molar-refractivity contribution is -0.447. The van der Waals surface area contributed by atoms with Crippen molar-refractivity contribution in [3.63, 3.8) is 0 Å². The van der Waals surface area contributed by atoms with Gasteiger partial charge >= 0.3 is 5.97 Å². The van der Waals surface area contributed by atoms with Gasteiger partial charge < -0.3 is 5.11 Å². The highest BCUT2D eigenvalue weighted by Gasteiger charge is 2.43. The van der Waals surface area contributed by atoms with Crippen LogP contribution in [0.4, 0.5) is 5.69 Å². The quantitative estimate of drug-likeness (QED) is 0.286. The van der Waals surface area contributed by atoms with E-state index in [4.69, 9.17) is 9.44 Å². The number of carboxylic acids is 1. The molecule has 114 valence electrons. The largest absolute Gasteiger partial charge is 0.477 e. The summed E-state index contributed by atoms with van der Waals surface area (Å²) in [5, 5.41) is 13.4. The first-order valence-corrected chi connectivity index (χ1v) is 7.14. The molecule has 21 heavy (non-hydrogen) atoms. The Bertz CT molecular complexity index is 597. The molecule has 1 heterocycles. The minimum absolute atomic E-state index is 0.0436. The molecule has 0 unspecified atom stereocenters. The minimum Gasteiger partial charge on any atom is -0.477 e. The summed E-state index contributed by atoms with van der Waals surface area (Å²) in [6, 6.07) is 5.73. The van der Waals surface area contributed by atoms with Gasteiger partial charge in [0, 0.05) is 23.4 Å². The number of carboxylic acid groups (broad SMARTS) is 1. The fraction of sp³-hybridized carbons (Fsp3) is 0.429. The first kappa shape index (κ1) is 16.0. The molecule has 0 radical (unpaired) electrons. The average molecular weight is 312 g/mol. The van der Waals surface area contributed by atoms with Crippen LogP contribution in [-0.4, -0.2) is 35.0 Å². The summed E-state index contributed by atoms with van der Waals surface area (Å²) in [6.07, 6.45) is 0. The normalized spacial score (nSPS) is 16.2. The van der Waals surface area contributed by atoms with Crippen LogP contribution in [0.1, 0.15) is 26.3 Å². The van der Waals surface area contributed by atoms with E-state index in [-0.39, 0.29) is 12.0 Å². The van der Waals surface area contributed by atoms with E-state index in [1.807, 2.05) is 29.7 Å². The SMILES string of the molecule is COOOSc1ccc2c(c1)C(C)(C)C(C)=[N+]2CC(=O)O. The van der Waals surface area contributed by atoms with E-state index in [2.05, 4.69) is 23.8 Å². The standard InChI is InChI=1S/C14H17NO5S/c1-9-14(2,3)11-7-10(21-20-19-18-4)5-6-12(11)15(9)8-13(16)17/h5-7H,8H2,1-4H3/p+1. The lowest BCUT2D eigenvalue weighted by atomic mass is 9.82. The van der Waals surface area contributed by atoms with E-state index < -0.39 is 5.97 Å². The molecular weight excluding hydrogens is 294 g/mol. The van der Waals surface area contributed by atoms with Crippen LogP contribution in [0.3, 0.4) is 0 Å². The van der Waals surface area contributed by atoms with Gasteiger partial charge in [0.05, 0.1) is 24.6 Å². The zero-order valence-electron chi connectivity index (χ0n) is 12.4. The Kier molecular flexibility index (Phi) is 4.67. The van der Waals surface area contributed by atoms with Crippen LogP contribution in [0, 0.1) is 0 Å². The number of hydrogen-bond acceptors (Lipinski definition) is 5. The van der Waals surface area contributed by atoms with Gasteiger partial charge in [0.25, 0.3) is 0 Å². The summed E-state index contributed by atoms with van der Waals surface area (Å²) in [7, 11) is 1.36. The molecule has 1 aromatic carbocycles. The minimum atomic E-state index is -0.853. The molecule has 6 nitrogen and oxygen atoms in total. The number of fused-ring (bicyclic) bond motifs is 1. The summed E-state index contributed by atoms with van der Waals surface area (Å²) in [6.45, 7) is 6.06. The summed E-state index contributed by atoms with van der Waals surface area (Å²) in [5.41, 5.74) is 2.75. The number of carbonyl (C=O) groups is 1. The van der Waals surface area contributed by atoms with Gasteiger partial charge in [0.1, 0.15) is 0 Å². The van der Waals surface area contributed by atoms with Crippen molar-refractivity contribution < 1.29 is 28.7 Å². The maximum absolute atomic E-state index is 11.1. The van der Waals surface area contributed by atoms with Crippen molar-refractivity contribution in [2.75, 3.05) is 13.7 Å². The van der Waals surface area contributed by atoms with Crippen molar-refractivity contribution in [3.05, 3.63) is 23.8 Å². The Balaban J connectivity index is 2.34. The molecule has 1 aliphatic heterocycles. The highest BCUT2D eigenvalue weighted by molar-refractivity contribution is 7.94. The third-order valence-electron chi connectivity index (χ3n) is 3.76. The van der Waals surface area contributed by atoms with Gasteiger partial charge in [-0.25, -0.2) is 9.68 Å². The summed E-state index contributed by atoms with van der Waals surface area (Å²) in [4.78, 5) is 16.3. The number of hydrogen-bond donors (Lipinski definition) is 1. The first-order chi connectivity index (χ1) is 9.87. The van der Waals surface area contributed by atoms with Crippen LogP contribution >= 0.6 is 12.0 Å². The van der Waals surface area contributed by atoms with Crippen molar-refractivity contribution in [1.82, 2.24) is 0 Å². The second kappa shape index (κ2) is 6.15. The molecule has 0 saturated heterocycles. The molecule has 1 aliphatic rings. The van der Waals surface area contributed by atoms with E-state index in [1.54, 1.807) is 0 Å². The van der Waals surface area contributed by atoms with Gasteiger partial charge in [0.15, 0.2) is 5.71 Å². The highest BCUT2D eigenvalue weighted by atomic mass is 32.2. The van der Waals surface area contributed by atoms with Crippen LogP contribution < -0.4 is 0 Å². The Labute approximate surface area is 127 Å². The zero-order valence-corrected chi connectivity index (χ0v) is 13.2. The van der Waals surface area contributed by atoms with E-state index in [0.29, 0.717) is 0 Å². The van der Waals surface area contributed by atoms with Crippen molar-refractivity contribution in [2.24, 2.45) is 0 Å². The van der Waals surface area contributed by atoms with Gasteiger partial charge in [0.2, 0.25) is 12.2 Å². The molecule has 0 atom stereocenters. The molecule has 1 aromatic rings. The molecule has 0 saturated carbocycles. The van der Waals surface area contributed by atoms with Crippen molar-refractivity contribution >= 4 is 29.4 Å². The zero-order chi connectivity index (χ0) is 15.6. The lowest BCUT2D eigenvalue weighted by Crippen LogP contribution is -2.28. The van der Waals surface area contributed by atoms with E-state index >= 15 is 0 Å². The third kappa shape index (κ3) is 3.11. The molecule has 0 bridgehead atoms. The predicted molar refractivity (Wildman–Crippen MR) is 77.6 cm³/mol. The average Bonchev–Trinajstić information content (AvgIpc) is 2.60. The molecule has 0 spiro atoms. The molecule has 0 aliphatic carbocycles. The number of nitrogens with zero attached hydrogens (tertiary/aromatic N) is 1. The van der Waals surface area contributed by atoms with E-state index in [1.165, 1.54) is 7.11 Å². The predicted octanol–water partition coefficient (Wildman–Crippen LogP) is 2.68. The van der Waals surface area contributed by atoms with Crippen LogP contribution in [0.2, 0.25) is 0 Å². The fourth-order valence-corrected chi connectivity index (χ4v) is 2.89. The van der Waals surface area contributed by atoms with Crippen LogP contribution in [0.15, 0.2) is 23.1 Å². The second-order valence-electron chi connectivity index (χ2n) is 5.26. The van der Waals surface area contributed by atoms with Crippen LogP contribution in [0.25, 0.3) is 0 Å². The van der Waals surface area contributed by atoms with Gasteiger partial charge in [-0.05, 0) is 26.0 Å². The second-order valence-corrected chi connectivity index (χ2v) is 6.03. The van der Waals surface area contributed by atoms with E-state index in [9.17, 15) is 4.79 Å². The molecule has 0 fully saturated rings. The smallest absolute Gasteiger partial charge is 0.370 e. The van der Waals surface area contributed by atoms with Crippen LogP contribution in [0.5, 0.6) is 0 Å². The maximum atomic E-state index is 11.1. The van der Waals surface area contributed by atoms with Crippen molar-refractivity contribution in [3.8, 4) is 0 Å². The summed E-state index contributed by atoms with van der Waals surface area (Å²) in [5.74, 6) is -0.853. The van der Waals surface area contributed by atoms with Crippen molar-refractivity contribution in [1.29, 1.82) is 0 Å². The van der Waals surface area contributed by atoms with E-state index in [0.717, 1.165) is 33.9 Å². The number of aliphatic carboxylic acids is 1. The topological polar surface area (TPSA) is 68.0 Å². The highest BCUT2D eigenvalue weighted by Crippen LogP contribution is 2.41. The molecule has 7 heteroatoms. The third-order valence-corrected chi connectivity index (χ3v) is 4.33. The number of rotatable bonds is 6. The van der Waals surface area contributed by atoms with Gasteiger partial charge in [-0.1, -0.05) is 5.04 Å². The van der Waals surface area contributed by atoms with Gasteiger partial charge in [-0.2, -0.15) is 4.58 Å². The Morgan fingerprint density at radius 2 is 2.14 bits per heavy atom. The van der Waals surface area contributed by atoms with Crippen molar-refractivity contribution in [2.45, 2.75) is 31.1 Å². The first-order valence-electron chi connectivity index (χ1n) is 6.40. The summed E-state index contributed by atoms with van der Waals surface area (Å²) >= 11 is 1.04. The fourth-order valence-electron chi connectivity index (χ4n) is 2.44. The molecule has 2 rings (SSSR count). The lowest BCUT2D eigenvalue weighted by Gasteiger charge is -2.15. The van der Waals surface area contributed by atoms with Crippen LogP contribution in [-0.2, 0) is 24.5 Å². The molecule has 0 amide bonds. The maximum Gasteiger partial charge on any atom is 0.370 e. The Morgan fingerprint density at radius 1 is 1.43 bits per heavy atom.